The number of nitrogens with zero attached hydrogens (tertiary/aromatic N) is 4. The minimum Gasteiger partial charge on any atom is -0.340 e. The Labute approximate surface area is 138 Å². The molecule has 1 aliphatic rings. The van der Waals surface area contributed by atoms with Gasteiger partial charge in [-0.2, -0.15) is 0 Å². The van der Waals surface area contributed by atoms with E-state index < -0.39 is 0 Å². The third-order valence-corrected chi connectivity index (χ3v) is 4.68. The van der Waals surface area contributed by atoms with Crippen LogP contribution in [0.3, 0.4) is 0 Å². The molecule has 0 N–H and O–H groups in total. The first kappa shape index (κ1) is 15.3. The van der Waals surface area contributed by atoms with Gasteiger partial charge in [-0.1, -0.05) is 34.5 Å². The SMILES string of the molecule is O=C(CCc1ccc(Cl)c(Cl)c1)N1CCC(n2ccnn2)C1. The van der Waals surface area contributed by atoms with Crippen LogP contribution in [0.5, 0.6) is 0 Å². The number of amides is 1. The van der Waals surface area contributed by atoms with Crippen LogP contribution in [0.1, 0.15) is 24.4 Å². The van der Waals surface area contributed by atoms with Crippen molar-refractivity contribution in [1.29, 1.82) is 0 Å². The van der Waals surface area contributed by atoms with E-state index in [1.165, 1.54) is 0 Å². The van der Waals surface area contributed by atoms with Crippen LogP contribution in [0.2, 0.25) is 10.0 Å². The number of likely N-dealkylation sites (tertiary alicyclic amines) is 1. The molecule has 1 aromatic heterocycles. The first-order valence-electron chi connectivity index (χ1n) is 7.21. The van der Waals surface area contributed by atoms with Crippen LogP contribution in [-0.4, -0.2) is 38.9 Å². The minimum atomic E-state index is 0.161. The molecule has 5 nitrogen and oxygen atoms in total. The van der Waals surface area contributed by atoms with Crippen molar-refractivity contribution in [3.05, 3.63) is 46.2 Å². The van der Waals surface area contributed by atoms with Gasteiger partial charge in [0.05, 0.1) is 22.3 Å². The van der Waals surface area contributed by atoms with Crippen LogP contribution in [-0.2, 0) is 11.2 Å². The Bertz CT molecular complexity index is 660. The van der Waals surface area contributed by atoms with Crippen molar-refractivity contribution in [3.63, 3.8) is 0 Å². The Morgan fingerprint density at radius 2 is 2.18 bits per heavy atom. The molecule has 0 radical (unpaired) electrons. The van der Waals surface area contributed by atoms with Crippen molar-refractivity contribution in [3.8, 4) is 0 Å². The highest BCUT2D eigenvalue weighted by atomic mass is 35.5. The van der Waals surface area contributed by atoms with E-state index in [1.807, 2.05) is 27.9 Å². The number of hydrogen-bond acceptors (Lipinski definition) is 3. The highest BCUT2D eigenvalue weighted by Gasteiger charge is 2.27. The molecule has 7 heteroatoms. The zero-order chi connectivity index (χ0) is 15.5. The van der Waals surface area contributed by atoms with Crippen molar-refractivity contribution < 1.29 is 4.79 Å². The predicted molar refractivity (Wildman–Crippen MR) is 85.0 cm³/mol. The summed E-state index contributed by atoms with van der Waals surface area (Å²) < 4.78 is 1.83. The maximum atomic E-state index is 12.3. The molecule has 0 spiro atoms. The van der Waals surface area contributed by atoms with E-state index >= 15 is 0 Å². The molecule has 1 amide bonds. The van der Waals surface area contributed by atoms with Gasteiger partial charge < -0.3 is 4.90 Å². The number of halogens is 2. The van der Waals surface area contributed by atoms with Crippen molar-refractivity contribution in [1.82, 2.24) is 19.9 Å². The van der Waals surface area contributed by atoms with E-state index in [-0.39, 0.29) is 11.9 Å². The van der Waals surface area contributed by atoms with Crippen LogP contribution in [0.15, 0.2) is 30.6 Å². The predicted octanol–water partition coefficient (Wildman–Crippen LogP) is 2.99. The standard InChI is InChI=1S/C15H16Cl2N4O/c16-13-3-1-11(9-14(13)17)2-4-15(22)20-7-5-12(10-20)21-8-6-18-19-21/h1,3,6,8-9,12H,2,4-5,7,10H2. The molecule has 1 aliphatic heterocycles. The van der Waals surface area contributed by atoms with Crippen molar-refractivity contribution in [2.45, 2.75) is 25.3 Å². The molecule has 0 aliphatic carbocycles. The highest BCUT2D eigenvalue weighted by Crippen LogP contribution is 2.24. The second-order valence-electron chi connectivity index (χ2n) is 5.41. The molecule has 3 rings (SSSR count). The molecule has 2 heterocycles. The summed E-state index contributed by atoms with van der Waals surface area (Å²) in [5, 5.41) is 8.88. The average molecular weight is 339 g/mol. The second-order valence-corrected chi connectivity index (χ2v) is 6.23. The smallest absolute Gasteiger partial charge is 0.222 e. The van der Waals surface area contributed by atoms with Crippen LogP contribution in [0, 0.1) is 0 Å². The number of benzene rings is 1. The Morgan fingerprint density at radius 3 is 2.91 bits per heavy atom. The van der Waals surface area contributed by atoms with Gasteiger partial charge >= 0.3 is 0 Å². The lowest BCUT2D eigenvalue weighted by Crippen LogP contribution is -2.29. The van der Waals surface area contributed by atoms with Crippen molar-refractivity contribution in [2.24, 2.45) is 0 Å². The van der Waals surface area contributed by atoms with E-state index in [2.05, 4.69) is 10.3 Å². The van der Waals surface area contributed by atoms with Gasteiger partial charge in [-0.15, -0.1) is 5.10 Å². The zero-order valence-electron chi connectivity index (χ0n) is 12.0. The monoisotopic (exact) mass is 338 g/mol. The lowest BCUT2D eigenvalue weighted by molar-refractivity contribution is -0.130. The fourth-order valence-corrected chi connectivity index (χ4v) is 3.02. The Kier molecular flexibility index (Phi) is 4.64. The molecule has 1 unspecified atom stereocenters. The molecule has 0 saturated carbocycles. The Morgan fingerprint density at radius 1 is 1.32 bits per heavy atom. The average Bonchev–Trinajstić information content (AvgIpc) is 3.18. The first-order valence-corrected chi connectivity index (χ1v) is 7.96. The largest absolute Gasteiger partial charge is 0.340 e. The maximum absolute atomic E-state index is 12.3. The highest BCUT2D eigenvalue weighted by molar-refractivity contribution is 6.42. The lowest BCUT2D eigenvalue weighted by atomic mass is 10.1. The summed E-state index contributed by atoms with van der Waals surface area (Å²) >= 11 is 11.9. The van der Waals surface area contributed by atoms with E-state index in [4.69, 9.17) is 23.2 Å². The van der Waals surface area contributed by atoms with E-state index in [0.29, 0.717) is 29.4 Å². The third kappa shape index (κ3) is 3.42. The Balaban J connectivity index is 1.53. The van der Waals surface area contributed by atoms with Crippen molar-refractivity contribution in [2.75, 3.05) is 13.1 Å². The second kappa shape index (κ2) is 6.67. The summed E-state index contributed by atoms with van der Waals surface area (Å²) in [4.78, 5) is 14.2. The molecule has 116 valence electrons. The summed E-state index contributed by atoms with van der Waals surface area (Å²) in [7, 11) is 0. The van der Waals surface area contributed by atoms with Gasteiger partial charge in [-0.05, 0) is 30.5 Å². The number of aromatic nitrogens is 3. The molecule has 2 aromatic rings. The number of hydrogen-bond donors (Lipinski definition) is 0. The summed E-state index contributed by atoms with van der Waals surface area (Å²) in [6.45, 7) is 1.47. The normalized spacial score (nSPS) is 17.9. The topological polar surface area (TPSA) is 51.0 Å². The van der Waals surface area contributed by atoms with E-state index in [9.17, 15) is 4.79 Å². The van der Waals surface area contributed by atoms with Gasteiger partial charge in [-0.25, -0.2) is 4.68 Å². The molecule has 1 aromatic carbocycles. The molecular weight excluding hydrogens is 323 g/mol. The summed E-state index contributed by atoms with van der Waals surface area (Å²) in [6, 6.07) is 5.72. The van der Waals surface area contributed by atoms with Crippen LogP contribution >= 0.6 is 23.2 Å². The van der Waals surface area contributed by atoms with Gasteiger partial charge in [0.15, 0.2) is 0 Å². The molecule has 0 bridgehead atoms. The molecule has 1 fully saturated rings. The molecule has 1 saturated heterocycles. The molecular formula is C15H16Cl2N4O. The fraction of sp³-hybridized carbons (Fsp3) is 0.400. The maximum Gasteiger partial charge on any atom is 0.222 e. The number of carbonyl (C=O) groups is 1. The van der Waals surface area contributed by atoms with Crippen molar-refractivity contribution >= 4 is 29.1 Å². The first-order chi connectivity index (χ1) is 10.6. The van der Waals surface area contributed by atoms with Gasteiger partial charge in [0.25, 0.3) is 0 Å². The lowest BCUT2D eigenvalue weighted by Gasteiger charge is -2.16. The molecule has 22 heavy (non-hydrogen) atoms. The fourth-order valence-electron chi connectivity index (χ4n) is 2.70. The van der Waals surface area contributed by atoms with Gasteiger partial charge in [-0.3, -0.25) is 4.79 Å². The number of aryl methyl sites for hydroxylation is 1. The van der Waals surface area contributed by atoms with E-state index in [0.717, 1.165) is 18.5 Å². The molecule has 1 atom stereocenters. The third-order valence-electron chi connectivity index (χ3n) is 3.94. The van der Waals surface area contributed by atoms with E-state index in [1.54, 1.807) is 12.3 Å². The van der Waals surface area contributed by atoms with Crippen LogP contribution < -0.4 is 0 Å². The van der Waals surface area contributed by atoms with Crippen LogP contribution in [0.25, 0.3) is 0 Å². The quantitative estimate of drug-likeness (QED) is 0.860. The summed E-state index contributed by atoms with van der Waals surface area (Å²) in [5.74, 6) is 0.161. The Hall–Kier alpha value is -1.59. The zero-order valence-corrected chi connectivity index (χ0v) is 13.5. The number of rotatable bonds is 4. The van der Waals surface area contributed by atoms with Gasteiger partial charge in [0.1, 0.15) is 0 Å². The summed E-state index contributed by atoms with van der Waals surface area (Å²) in [6.07, 6.45) is 5.56. The van der Waals surface area contributed by atoms with Gasteiger partial charge in [0, 0.05) is 25.7 Å². The number of carbonyl (C=O) groups excluding carboxylic acids is 1. The minimum absolute atomic E-state index is 0.161. The van der Waals surface area contributed by atoms with Crippen LogP contribution in [0.4, 0.5) is 0 Å². The summed E-state index contributed by atoms with van der Waals surface area (Å²) in [5.41, 5.74) is 1.02. The van der Waals surface area contributed by atoms with Gasteiger partial charge in [0.2, 0.25) is 5.91 Å².